The molecule has 1 radical (unpaired) electrons. The van der Waals surface area contributed by atoms with E-state index in [0.29, 0.717) is 0 Å². The molecule has 0 fully saturated rings. The zero-order valence-corrected chi connectivity index (χ0v) is 5.60. The Balaban J connectivity index is 2.94. The summed E-state index contributed by atoms with van der Waals surface area (Å²) in [5.74, 6) is 1.50. The van der Waals surface area contributed by atoms with Crippen LogP contribution in [0.1, 0.15) is 5.56 Å². The van der Waals surface area contributed by atoms with Crippen LogP contribution in [0.4, 0.5) is 5.69 Å². The maximum Gasteiger partial charge on any atom is 0.0790 e. The molecule has 1 rings (SSSR count). The summed E-state index contributed by atoms with van der Waals surface area (Å²) in [5, 5.41) is 0. The molecule has 1 nitrogen and oxygen atoms in total. The van der Waals surface area contributed by atoms with Crippen LogP contribution in [0.15, 0.2) is 24.3 Å². The highest BCUT2D eigenvalue weighted by atomic mass is 35.5. The largest absolute Gasteiger partial charge is 0.399 e. The van der Waals surface area contributed by atoms with E-state index >= 15 is 0 Å². The van der Waals surface area contributed by atoms with Crippen molar-refractivity contribution in [3.05, 3.63) is 35.7 Å². The normalized spacial score (nSPS) is 9.44. The van der Waals surface area contributed by atoms with E-state index in [1.807, 2.05) is 24.3 Å². The minimum absolute atomic E-state index is 0.740. The Kier molecular flexibility index (Phi) is 1.96. The number of nitrogen functional groups attached to an aromatic ring is 1. The zero-order chi connectivity index (χ0) is 6.69. The van der Waals surface area contributed by atoms with E-state index in [-0.39, 0.29) is 0 Å². The third-order valence-corrected chi connectivity index (χ3v) is 1.29. The first kappa shape index (κ1) is 6.43. The van der Waals surface area contributed by atoms with Gasteiger partial charge in [-0.1, -0.05) is 12.1 Å². The van der Waals surface area contributed by atoms with Gasteiger partial charge in [0.15, 0.2) is 0 Å². The molecule has 1 aromatic carbocycles. The first-order valence-electron chi connectivity index (χ1n) is 2.62. The SMILES string of the molecule is Nc1cccc([CH]Cl)c1. The summed E-state index contributed by atoms with van der Waals surface area (Å²) in [6, 6.07) is 7.39. The van der Waals surface area contributed by atoms with Crippen molar-refractivity contribution in [3.8, 4) is 0 Å². The second-order valence-corrected chi connectivity index (χ2v) is 2.00. The summed E-state index contributed by atoms with van der Waals surface area (Å²) in [4.78, 5) is 0. The van der Waals surface area contributed by atoms with Crippen LogP contribution in [0.5, 0.6) is 0 Å². The second kappa shape index (κ2) is 2.74. The average molecular weight is 141 g/mol. The predicted molar refractivity (Wildman–Crippen MR) is 40.1 cm³/mol. The Morgan fingerprint density at radius 3 is 2.67 bits per heavy atom. The lowest BCUT2D eigenvalue weighted by Crippen LogP contribution is -1.84. The number of halogens is 1. The fraction of sp³-hybridized carbons (Fsp3) is 0. The molecular formula is C7H7ClN. The van der Waals surface area contributed by atoms with Crippen molar-refractivity contribution in [2.75, 3.05) is 5.73 Å². The van der Waals surface area contributed by atoms with Crippen LogP contribution >= 0.6 is 11.6 Å². The van der Waals surface area contributed by atoms with Gasteiger partial charge >= 0.3 is 0 Å². The summed E-state index contributed by atoms with van der Waals surface area (Å²) in [7, 11) is 0. The molecule has 0 saturated heterocycles. The van der Waals surface area contributed by atoms with Gasteiger partial charge in [0, 0.05) is 5.69 Å². The molecule has 47 valence electrons. The number of nitrogens with two attached hydrogens (primary N) is 1. The van der Waals surface area contributed by atoms with Crippen LogP contribution in [0.3, 0.4) is 0 Å². The van der Waals surface area contributed by atoms with Gasteiger partial charge in [0.1, 0.15) is 0 Å². The van der Waals surface area contributed by atoms with Gasteiger partial charge in [0.2, 0.25) is 0 Å². The van der Waals surface area contributed by atoms with Crippen molar-refractivity contribution in [2.24, 2.45) is 0 Å². The lowest BCUT2D eigenvalue weighted by Gasteiger charge is -1.93. The zero-order valence-electron chi connectivity index (χ0n) is 4.84. The molecule has 2 heteroatoms. The minimum atomic E-state index is 0.740. The van der Waals surface area contributed by atoms with Crippen molar-refractivity contribution in [3.63, 3.8) is 0 Å². The molecule has 0 spiro atoms. The van der Waals surface area contributed by atoms with E-state index in [9.17, 15) is 0 Å². The summed E-state index contributed by atoms with van der Waals surface area (Å²) < 4.78 is 0. The second-order valence-electron chi connectivity index (χ2n) is 1.78. The smallest absolute Gasteiger partial charge is 0.0790 e. The summed E-state index contributed by atoms with van der Waals surface area (Å²) in [5.41, 5.74) is 7.14. The standard InChI is InChI=1S/C7H7ClN/c8-5-6-2-1-3-7(9)4-6/h1-5H,9H2. The average Bonchev–Trinajstić information content (AvgIpc) is 1.88. The third-order valence-electron chi connectivity index (χ3n) is 1.04. The van der Waals surface area contributed by atoms with Crippen molar-refractivity contribution >= 4 is 17.3 Å². The van der Waals surface area contributed by atoms with Crippen LogP contribution < -0.4 is 5.73 Å². The van der Waals surface area contributed by atoms with Gasteiger partial charge in [-0.05, 0) is 17.7 Å². The monoisotopic (exact) mass is 140 g/mol. The summed E-state index contributed by atoms with van der Waals surface area (Å²) in [6.45, 7) is 0. The number of rotatable bonds is 1. The first-order chi connectivity index (χ1) is 4.33. The Morgan fingerprint density at radius 2 is 2.22 bits per heavy atom. The Hall–Kier alpha value is -0.690. The highest BCUT2D eigenvalue weighted by Gasteiger charge is 1.88. The molecule has 0 aliphatic heterocycles. The lowest BCUT2D eigenvalue weighted by atomic mass is 10.2. The van der Waals surface area contributed by atoms with Gasteiger partial charge < -0.3 is 5.73 Å². The quantitative estimate of drug-likeness (QED) is 0.594. The fourth-order valence-electron chi connectivity index (χ4n) is 0.627. The van der Waals surface area contributed by atoms with Crippen LogP contribution in [0.2, 0.25) is 0 Å². The molecule has 0 aromatic heterocycles. The van der Waals surface area contributed by atoms with Crippen molar-refractivity contribution in [2.45, 2.75) is 0 Å². The van der Waals surface area contributed by atoms with Gasteiger partial charge in [-0.25, -0.2) is 0 Å². The maximum atomic E-state index is 5.46. The Bertz CT molecular complexity index is 198. The fourth-order valence-corrected chi connectivity index (χ4v) is 0.763. The van der Waals surface area contributed by atoms with Crippen molar-refractivity contribution in [1.29, 1.82) is 0 Å². The third kappa shape index (κ3) is 1.61. The molecule has 0 bridgehead atoms. The van der Waals surface area contributed by atoms with Gasteiger partial charge in [0.05, 0.1) is 5.88 Å². The molecule has 0 atom stereocenters. The van der Waals surface area contributed by atoms with Crippen LogP contribution in [0.25, 0.3) is 0 Å². The van der Waals surface area contributed by atoms with E-state index in [1.54, 1.807) is 0 Å². The van der Waals surface area contributed by atoms with E-state index in [0.717, 1.165) is 11.3 Å². The molecule has 9 heavy (non-hydrogen) atoms. The van der Waals surface area contributed by atoms with E-state index in [1.165, 1.54) is 5.88 Å². The molecule has 0 unspecified atom stereocenters. The molecule has 0 amide bonds. The molecule has 0 aliphatic rings. The number of anilines is 1. The minimum Gasteiger partial charge on any atom is -0.399 e. The van der Waals surface area contributed by atoms with Crippen LogP contribution in [0, 0.1) is 5.88 Å². The molecule has 0 aliphatic carbocycles. The summed E-state index contributed by atoms with van der Waals surface area (Å²) >= 11 is 5.42. The highest BCUT2D eigenvalue weighted by Crippen LogP contribution is 2.09. The highest BCUT2D eigenvalue weighted by molar-refractivity contribution is 6.25. The predicted octanol–water partition coefficient (Wildman–Crippen LogP) is 2.02. The van der Waals surface area contributed by atoms with E-state index < -0.39 is 0 Å². The lowest BCUT2D eigenvalue weighted by molar-refractivity contribution is 1.58. The van der Waals surface area contributed by atoms with Crippen molar-refractivity contribution in [1.82, 2.24) is 0 Å². The molecule has 0 saturated carbocycles. The molecule has 2 N–H and O–H groups in total. The molecule has 0 heterocycles. The van der Waals surface area contributed by atoms with Crippen molar-refractivity contribution < 1.29 is 0 Å². The van der Waals surface area contributed by atoms with Crippen LogP contribution in [-0.4, -0.2) is 0 Å². The topological polar surface area (TPSA) is 26.0 Å². The van der Waals surface area contributed by atoms with Crippen LogP contribution in [-0.2, 0) is 0 Å². The van der Waals surface area contributed by atoms with Gasteiger partial charge in [-0.3, -0.25) is 0 Å². The number of hydrogen-bond donors (Lipinski definition) is 1. The van der Waals surface area contributed by atoms with E-state index in [4.69, 9.17) is 17.3 Å². The Labute approximate surface area is 59.4 Å². The van der Waals surface area contributed by atoms with E-state index in [2.05, 4.69) is 0 Å². The molecule has 1 aromatic rings. The maximum absolute atomic E-state index is 5.46. The Morgan fingerprint density at radius 1 is 1.44 bits per heavy atom. The molecular weight excluding hydrogens is 134 g/mol. The number of benzene rings is 1. The summed E-state index contributed by atoms with van der Waals surface area (Å²) in [6.07, 6.45) is 0. The number of hydrogen-bond acceptors (Lipinski definition) is 1. The van der Waals surface area contributed by atoms with Gasteiger partial charge in [0.25, 0.3) is 0 Å². The van der Waals surface area contributed by atoms with Gasteiger partial charge in [-0.15, -0.1) is 11.6 Å². The first-order valence-corrected chi connectivity index (χ1v) is 3.05. The van der Waals surface area contributed by atoms with Gasteiger partial charge in [-0.2, -0.15) is 0 Å².